The van der Waals surface area contributed by atoms with E-state index in [0.717, 1.165) is 5.04 Å². The van der Waals surface area contributed by atoms with Crippen LogP contribution < -0.4 is 0 Å². The lowest BCUT2D eigenvalue weighted by molar-refractivity contribution is 0.442. The predicted molar refractivity (Wildman–Crippen MR) is 47.8 cm³/mol. The average Bonchev–Trinajstić information content (AvgIpc) is 2.05. The SMILES string of the molecule is CSC(=N)C1CCCCC1. The topological polar surface area (TPSA) is 23.9 Å². The van der Waals surface area contributed by atoms with Gasteiger partial charge in [-0.2, -0.15) is 0 Å². The fraction of sp³-hybridized carbons (Fsp3) is 0.875. The van der Waals surface area contributed by atoms with E-state index in [1.54, 1.807) is 11.8 Å². The fourth-order valence-electron chi connectivity index (χ4n) is 1.53. The van der Waals surface area contributed by atoms with Crippen LogP contribution in [-0.2, 0) is 0 Å². The lowest BCUT2D eigenvalue weighted by Crippen LogP contribution is -2.13. The van der Waals surface area contributed by atoms with E-state index in [1.807, 2.05) is 6.26 Å². The van der Waals surface area contributed by atoms with E-state index in [4.69, 9.17) is 5.41 Å². The molecular formula is C8H15NS. The van der Waals surface area contributed by atoms with Crippen LogP contribution in [0.4, 0.5) is 0 Å². The normalized spacial score (nSPS) is 20.9. The van der Waals surface area contributed by atoms with Gasteiger partial charge in [-0.05, 0) is 19.1 Å². The minimum atomic E-state index is 0.615. The Balaban J connectivity index is 2.31. The van der Waals surface area contributed by atoms with E-state index in [1.165, 1.54) is 32.1 Å². The highest BCUT2D eigenvalue weighted by atomic mass is 32.2. The van der Waals surface area contributed by atoms with Crippen molar-refractivity contribution in [2.45, 2.75) is 32.1 Å². The van der Waals surface area contributed by atoms with Crippen molar-refractivity contribution < 1.29 is 0 Å². The van der Waals surface area contributed by atoms with Gasteiger partial charge in [-0.25, -0.2) is 0 Å². The first-order chi connectivity index (χ1) is 4.84. The lowest BCUT2D eigenvalue weighted by Gasteiger charge is -2.20. The molecule has 1 nitrogen and oxygen atoms in total. The number of thioether (sulfide) groups is 1. The number of nitrogens with one attached hydrogen (secondary N) is 1. The number of hydrogen-bond acceptors (Lipinski definition) is 2. The quantitative estimate of drug-likeness (QED) is 0.459. The van der Waals surface area contributed by atoms with Crippen molar-refractivity contribution in [3.05, 3.63) is 0 Å². The molecule has 10 heavy (non-hydrogen) atoms. The van der Waals surface area contributed by atoms with E-state index < -0.39 is 0 Å². The van der Waals surface area contributed by atoms with Gasteiger partial charge in [0.1, 0.15) is 0 Å². The third kappa shape index (κ3) is 2.01. The largest absolute Gasteiger partial charge is 0.298 e. The highest BCUT2D eigenvalue weighted by Crippen LogP contribution is 2.27. The average molecular weight is 157 g/mol. The molecule has 1 saturated carbocycles. The fourth-order valence-corrected chi connectivity index (χ4v) is 2.10. The van der Waals surface area contributed by atoms with Crippen molar-refractivity contribution in [2.24, 2.45) is 5.92 Å². The Kier molecular flexibility index (Phi) is 3.26. The summed E-state index contributed by atoms with van der Waals surface area (Å²) < 4.78 is 0. The van der Waals surface area contributed by atoms with Crippen molar-refractivity contribution in [1.82, 2.24) is 0 Å². The van der Waals surface area contributed by atoms with Crippen molar-refractivity contribution in [3.63, 3.8) is 0 Å². The maximum Gasteiger partial charge on any atom is 0.0669 e. The summed E-state index contributed by atoms with van der Waals surface area (Å²) in [6, 6.07) is 0. The second-order valence-electron chi connectivity index (χ2n) is 2.90. The first-order valence-electron chi connectivity index (χ1n) is 3.97. The van der Waals surface area contributed by atoms with Crippen molar-refractivity contribution >= 4 is 16.8 Å². The van der Waals surface area contributed by atoms with Crippen LogP contribution in [-0.4, -0.2) is 11.3 Å². The maximum atomic E-state index is 7.59. The zero-order chi connectivity index (χ0) is 7.40. The second kappa shape index (κ2) is 4.02. The number of rotatable bonds is 1. The Morgan fingerprint density at radius 2 is 1.90 bits per heavy atom. The summed E-state index contributed by atoms with van der Waals surface area (Å²) >= 11 is 1.61. The molecule has 0 spiro atoms. The van der Waals surface area contributed by atoms with Gasteiger partial charge in [-0.15, -0.1) is 11.8 Å². The molecule has 0 radical (unpaired) electrons. The highest BCUT2D eigenvalue weighted by Gasteiger charge is 2.16. The standard InChI is InChI=1S/C8H15NS/c1-10-8(9)7-5-3-2-4-6-7/h7,9H,2-6H2,1H3. The van der Waals surface area contributed by atoms with Crippen LogP contribution in [0, 0.1) is 11.3 Å². The highest BCUT2D eigenvalue weighted by molar-refractivity contribution is 8.13. The summed E-state index contributed by atoms with van der Waals surface area (Å²) in [6.07, 6.45) is 8.61. The molecule has 1 N–H and O–H groups in total. The molecule has 58 valence electrons. The number of hydrogen-bond donors (Lipinski definition) is 1. The van der Waals surface area contributed by atoms with Gasteiger partial charge in [0.25, 0.3) is 0 Å². The molecule has 0 aromatic heterocycles. The molecule has 0 heterocycles. The maximum absolute atomic E-state index is 7.59. The predicted octanol–water partition coefficient (Wildman–Crippen LogP) is 2.91. The van der Waals surface area contributed by atoms with Gasteiger partial charge in [0.2, 0.25) is 0 Å². The summed E-state index contributed by atoms with van der Waals surface area (Å²) in [4.78, 5) is 0. The summed E-state index contributed by atoms with van der Waals surface area (Å²) in [7, 11) is 0. The third-order valence-electron chi connectivity index (χ3n) is 2.20. The zero-order valence-corrected chi connectivity index (χ0v) is 7.34. The van der Waals surface area contributed by atoms with E-state index in [9.17, 15) is 0 Å². The molecule has 0 aromatic rings. The van der Waals surface area contributed by atoms with Crippen LogP contribution in [0.2, 0.25) is 0 Å². The van der Waals surface area contributed by atoms with Gasteiger partial charge in [-0.3, -0.25) is 5.41 Å². The van der Waals surface area contributed by atoms with Crippen molar-refractivity contribution in [2.75, 3.05) is 6.26 Å². The molecule has 1 aliphatic rings. The Hall–Kier alpha value is 0.0200. The van der Waals surface area contributed by atoms with Gasteiger partial charge in [-0.1, -0.05) is 19.3 Å². The summed E-state index contributed by atoms with van der Waals surface area (Å²) in [5, 5.41) is 8.50. The van der Waals surface area contributed by atoms with Gasteiger partial charge in [0.05, 0.1) is 5.04 Å². The molecule has 0 atom stereocenters. The summed E-state index contributed by atoms with van der Waals surface area (Å²) in [5.41, 5.74) is 0. The zero-order valence-electron chi connectivity index (χ0n) is 6.52. The Labute approximate surface area is 67.1 Å². The van der Waals surface area contributed by atoms with Gasteiger partial charge >= 0.3 is 0 Å². The minimum Gasteiger partial charge on any atom is -0.298 e. The summed E-state index contributed by atoms with van der Waals surface area (Å²) in [6.45, 7) is 0. The molecule has 0 bridgehead atoms. The molecule has 0 aliphatic heterocycles. The second-order valence-corrected chi connectivity index (χ2v) is 3.75. The van der Waals surface area contributed by atoms with Gasteiger partial charge in [0.15, 0.2) is 0 Å². The molecule has 1 fully saturated rings. The lowest BCUT2D eigenvalue weighted by atomic mass is 9.90. The molecular weight excluding hydrogens is 142 g/mol. The third-order valence-corrected chi connectivity index (χ3v) is 2.97. The van der Waals surface area contributed by atoms with Crippen molar-refractivity contribution in [3.8, 4) is 0 Å². The van der Waals surface area contributed by atoms with E-state index >= 15 is 0 Å². The van der Waals surface area contributed by atoms with Crippen LogP contribution in [0.25, 0.3) is 0 Å². The molecule has 1 rings (SSSR count). The van der Waals surface area contributed by atoms with Crippen LogP contribution in [0.3, 0.4) is 0 Å². The molecule has 1 aliphatic carbocycles. The molecule has 0 aromatic carbocycles. The molecule has 0 saturated heterocycles. The smallest absolute Gasteiger partial charge is 0.0669 e. The minimum absolute atomic E-state index is 0.615. The van der Waals surface area contributed by atoms with Crippen LogP contribution in [0.15, 0.2) is 0 Å². The van der Waals surface area contributed by atoms with E-state index in [0.29, 0.717) is 5.92 Å². The Morgan fingerprint density at radius 3 is 2.40 bits per heavy atom. The van der Waals surface area contributed by atoms with Gasteiger partial charge < -0.3 is 0 Å². The Morgan fingerprint density at radius 1 is 1.30 bits per heavy atom. The first kappa shape index (κ1) is 8.12. The monoisotopic (exact) mass is 157 g/mol. The van der Waals surface area contributed by atoms with E-state index in [2.05, 4.69) is 0 Å². The van der Waals surface area contributed by atoms with Crippen LogP contribution in [0.5, 0.6) is 0 Å². The first-order valence-corrected chi connectivity index (χ1v) is 5.19. The van der Waals surface area contributed by atoms with Crippen LogP contribution in [0.1, 0.15) is 32.1 Å². The van der Waals surface area contributed by atoms with Crippen molar-refractivity contribution in [1.29, 1.82) is 5.41 Å². The molecule has 0 amide bonds. The summed E-state index contributed by atoms with van der Waals surface area (Å²) in [5.74, 6) is 0.615. The molecule has 0 unspecified atom stereocenters. The Bertz CT molecular complexity index is 116. The van der Waals surface area contributed by atoms with Gasteiger partial charge in [0, 0.05) is 5.92 Å². The van der Waals surface area contributed by atoms with Crippen LogP contribution >= 0.6 is 11.8 Å². The molecule has 2 heteroatoms. The van der Waals surface area contributed by atoms with E-state index in [-0.39, 0.29) is 0 Å².